The van der Waals surface area contributed by atoms with E-state index in [0.29, 0.717) is 25.1 Å². The van der Waals surface area contributed by atoms with Gasteiger partial charge >= 0.3 is 0 Å². The summed E-state index contributed by atoms with van der Waals surface area (Å²) in [6.07, 6.45) is 0.825. The van der Waals surface area contributed by atoms with Gasteiger partial charge in [0, 0.05) is 41.6 Å². The van der Waals surface area contributed by atoms with E-state index in [2.05, 4.69) is 52.4 Å². The second-order valence-corrected chi connectivity index (χ2v) is 9.96. The minimum Gasteiger partial charge on any atom is -0.357 e. The lowest BCUT2D eigenvalue weighted by Gasteiger charge is -2.31. The Bertz CT molecular complexity index is 1040. The zero-order valence-corrected chi connectivity index (χ0v) is 21.4. The molecule has 0 radical (unpaired) electrons. The number of nitrogens with one attached hydrogen (secondary N) is 1. The first-order chi connectivity index (χ1) is 16.0. The molecule has 3 rings (SSSR count). The van der Waals surface area contributed by atoms with Crippen molar-refractivity contribution in [1.82, 2.24) is 10.2 Å². The van der Waals surface area contributed by atoms with E-state index in [1.54, 1.807) is 23.7 Å². The molecular formula is C27H29BrN2O2S. The summed E-state index contributed by atoms with van der Waals surface area (Å²) in [6, 6.07) is 25.4. The molecule has 4 nitrogen and oxygen atoms in total. The van der Waals surface area contributed by atoms with Crippen molar-refractivity contribution in [1.29, 1.82) is 0 Å². The summed E-state index contributed by atoms with van der Waals surface area (Å²) in [7, 11) is 1.62. The molecule has 3 aromatic carbocycles. The maximum Gasteiger partial charge on any atom is 0.242 e. The molecule has 33 heavy (non-hydrogen) atoms. The first kappa shape index (κ1) is 25.1. The molecule has 0 aromatic heterocycles. The van der Waals surface area contributed by atoms with Crippen LogP contribution >= 0.6 is 27.7 Å². The quantitative estimate of drug-likeness (QED) is 0.350. The lowest BCUT2D eigenvalue weighted by molar-refractivity contribution is -0.140. The Morgan fingerprint density at radius 3 is 2.24 bits per heavy atom. The summed E-state index contributed by atoms with van der Waals surface area (Å²) in [5.74, 6) is 0.474. The highest BCUT2D eigenvalue weighted by Gasteiger charge is 2.29. The number of amides is 2. The summed E-state index contributed by atoms with van der Waals surface area (Å²) < 4.78 is 0.978. The van der Waals surface area contributed by atoms with Crippen molar-refractivity contribution >= 4 is 39.5 Å². The number of carbonyl (C=O) groups excluding carboxylic acids is 2. The summed E-state index contributed by atoms with van der Waals surface area (Å²) in [6.45, 7) is 2.44. The molecule has 1 N–H and O–H groups in total. The molecule has 0 aliphatic carbocycles. The van der Waals surface area contributed by atoms with Gasteiger partial charge < -0.3 is 10.2 Å². The van der Waals surface area contributed by atoms with Crippen molar-refractivity contribution in [3.63, 3.8) is 0 Å². The first-order valence-electron chi connectivity index (χ1n) is 10.9. The van der Waals surface area contributed by atoms with Crippen LogP contribution in [0.4, 0.5) is 0 Å². The first-order valence-corrected chi connectivity index (χ1v) is 12.7. The number of hydrogen-bond acceptors (Lipinski definition) is 3. The van der Waals surface area contributed by atoms with Crippen LogP contribution < -0.4 is 5.32 Å². The average Bonchev–Trinajstić information content (AvgIpc) is 2.83. The van der Waals surface area contributed by atoms with Crippen molar-refractivity contribution in [2.45, 2.75) is 37.2 Å². The minimum atomic E-state index is -0.585. The Balaban J connectivity index is 1.79. The van der Waals surface area contributed by atoms with E-state index >= 15 is 0 Å². The maximum absolute atomic E-state index is 13.4. The Labute approximate surface area is 208 Å². The fourth-order valence-electron chi connectivity index (χ4n) is 3.54. The molecular weight excluding hydrogens is 496 g/mol. The van der Waals surface area contributed by atoms with Crippen LogP contribution in [0, 0.1) is 6.92 Å². The van der Waals surface area contributed by atoms with Gasteiger partial charge in [-0.05, 0) is 42.3 Å². The molecule has 0 fully saturated rings. The van der Waals surface area contributed by atoms with E-state index in [9.17, 15) is 9.59 Å². The number of nitrogens with zero attached hydrogens (tertiary/aromatic N) is 1. The van der Waals surface area contributed by atoms with E-state index in [4.69, 9.17) is 0 Å². The molecule has 0 spiro atoms. The van der Waals surface area contributed by atoms with Crippen LogP contribution in [0.25, 0.3) is 0 Å². The third-order valence-corrected chi connectivity index (χ3v) is 6.93. The highest BCUT2D eigenvalue weighted by Crippen LogP contribution is 2.22. The van der Waals surface area contributed by atoms with Gasteiger partial charge in [0.15, 0.2) is 0 Å². The van der Waals surface area contributed by atoms with Crippen molar-refractivity contribution in [2.24, 2.45) is 0 Å². The standard InChI is InChI=1S/C27H29BrN2O2S/c1-20-8-14-24(15-9-20)33-17-16-26(31)30(19-22-10-12-23(28)13-11-22)25(27(32)29-2)18-21-6-4-3-5-7-21/h3-15,25H,16-19H2,1-2H3,(H,29,32). The van der Waals surface area contributed by atoms with Gasteiger partial charge in [0.1, 0.15) is 6.04 Å². The molecule has 0 saturated carbocycles. The van der Waals surface area contributed by atoms with Gasteiger partial charge in [0.25, 0.3) is 0 Å². The van der Waals surface area contributed by atoms with Crippen LogP contribution in [-0.2, 0) is 22.6 Å². The molecule has 3 aromatic rings. The van der Waals surface area contributed by atoms with Crippen LogP contribution in [0.3, 0.4) is 0 Å². The van der Waals surface area contributed by atoms with Gasteiger partial charge in [0.2, 0.25) is 11.8 Å². The zero-order valence-electron chi connectivity index (χ0n) is 19.0. The molecule has 6 heteroatoms. The largest absolute Gasteiger partial charge is 0.357 e. The predicted octanol–water partition coefficient (Wildman–Crippen LogP) is 5.63. The van der Waals surface area contributed by atoms with Crippen LogP contribution in [-0.4, -0.2) is 35.6 Å². The summed E-state index contributed by atoms with van der Waals surface area (Å²) >= 11 is 5.12. The number of benzene rings is 3. The van der Waals surface area contributed by atoms with Crippen LogP contribution in [0.2, 0.25) is 0 Å². The summed E-state index contributed by atoms with van der Waals surface area (Å²) in [5.41, 5.74) is 3.22. The third-order valence-electron chi connectivity index (χ3n) is 5.39. The predicted molar refractivity (Wildman–Crippen MR) is 139 cm³/mol. The topological polar surface area (TPSA) is 49.4 Å². The molecule has 1 unspecified atom stereocenters. The van der Waals surface area contributed by atoms with E-state index in [0.717, 1.165) is 20.5 Å². The number of halogens is 1. The van der Waals surface area contributed by atoms with Crippen molar-refractivity contribution in [3.05, 3.63) is 100 Å². The molecule has 1 atom stereocenters. The number of rotatable bonds is 10. The smallest absolute Gasteiger partial charge is 0.242 e. The normalized spacial score (nSPS) is 11.6. The molecule has 0 bridgehead atoms. The van der Waals surface area contributed by atoms with Crippen molar-refractivity contribution in [2.75, 3.05) is 12.8 Å². The Hall–Kier alpha value is -2.57. The highest BCUT2D eigenvalue weighted by molar-refractivity contribution is 9.10. The zero-order chi connectivity index (χ0) is 23.6. The fraction of sp³-hybridized carbons (Fsp3) is 0.259. The fourth-order valence-corrected chi connectivity index (χ4v) is 4.65. The van der Waals surface area contributed by atoms with Crippen LogP contribution in [0.15, 0.2) is 88.2 Å². The van der Waals surface area contributed by atoms with Gasteiger partial charge in [-0.2, -0.15) is 0 Å². The highest BCUT2D eigenvalue weighted by atomic mass is 79.9. The number of carbonyl (C=O) groups is 2. The van der Waals surface area contributed by atoms with E-state index < -0.39 is 6.04 Å². The monoisotopic (exact) mass is 524 g/mol. The van der Waals surface area contributed by atoms with E-state index in [-0.39, 0.29) is 11.8 Å². The van der Waals surface area contributed by atoms with Gasteiger partial charge in [-0.15, -0.1) is 11.8 Å². The molecule has 0 aliphatic rings. The van der Waals surface area contributed by atoms with Gasteiger partial charge in [0.05, 0.1) is 0 Å². The average molecular weight is 526 g/mol. The lowest BCUT2D eigenvalue weighted by Crippen LogP contribution is -2.49. The van der Waals surface area contributed by atoms with Crippen LogP contribution in [0.1, 0.15) is 23.1 Å². The van der Waals surface area contributed by atoms with Gasteiger partial charge in [-0.3, -0.25) is 9.59 Å². The molecule has 172 valence electrons. The van der Waals surface area contributed by atoms with Crippen molar-refractivity contribution in [3.8, 4) is 0 Å². The molecule has 0 heterocycles. The molecule has 0 aliphatic heterocycles. The SMILES string of the molecule is CNC(=O)C(Cc1ccccc1)N(Cc1ccc(Br)cc1)C(=O)CCSc1ccc(C)cc1. The van der Waals surface area contributed by atoms with Crippen molar-refractivity contribution < 1.29 is 9.59 Å². The summed E-state index contributed by atoms with van der Waals surface area (Å²) in [4.78, 5) is 29.2. The van der Waals surface area contributed by atoms with E-state index in [1.165, 1.54) is 5.56 Å². The second kappa shape index (κ2) is 12.6. The number of hydrogen-bond donors (Lipinski definition) is 1. The molecule has 2 amide bonds. The van der Waals surface area contributed by atoms with Gasteiger partial charge in [-0.25, -0.2) is 0 Å². The number of likely N-dealkylation sites (N-methyl/N-ethyl adjacent to an activating group) is 1. The van der Waals surface area contributed by atoms with Gasteiger partial charge in [-0.1, -0.05) is 76.1 Å². The minimum absolute atomic E-state index is 0.0259. The van der Waals surface area contributed by atoms with Crippen LogP contribution in [0.5, 0.6) is 0 Å². The number of aryl methyl sites for hydroxylation is 1. The molecule has 0 saturated heterocycles. The Kier molecular flexibility index (Phi) is 9.58. The maximum atomic E-state index is 13.4. The number of thioether (sulfide) groups is 1. The second-order valence-electron chi connectivity index (χ2n) is 7.88. The van der Waals surface area contributed by atoms with E-state index in [1.807, 2.05) is 54.6 Å². The Morgan fingerprint density at radius 2 is 1.61 bits per heavy atom. The lowest BCUT2D eigenvalue weighted by atomic mass is 10.0. The third kappa shape index (κ3) is 7.76. The Morgan fingerprint density at radius 1 is 0.939 bits per heavy atom. The summed E-state index contributed by atoms with van der Waals surface area (Å²) in [5, 5.41) is 2.76.